The van der Waals surface area contributed by atoms with Crippen LogP contribution in [0.25, 0.3) is 0 Å². The normalized spacial score (nSPS) is 14.6. The Labute approximate surface area is 109 Å². The van der Waals surface area contributed by atoms with Crippen molar-refractivity contribution in [3.8, 4) is 0 Å². The summed E-state index contributed by atoms with van der Waals surface area (Å²) in [5.41, 5.74) is 0. The maximum absolute atomic E-state index is 11.8. The molecule has 1 fully saturated rings. The fraction of sp³-hybridized carbons (Fsp3) is 0.545. The first-order valence-corrected chi connectivity index (χ1v) is 6.27. The Morgan fingerprint density at radius 1 is 1.58 bits per heavy atom. The molecule has 0 bridgehead atoms. The summed E-state index contributed by atoms with van der Waals surface area (Å²) in [6.45, 7) is 0.485. The van der Waals surface area contributed by atoms with E-state index in [1.165, 1.54) is 0 Å². The van der Waals surface area contributed by atoms with Gasteiger partial charge in [-0.05, 0) is 12.8 Å². The van der Waals surface area contributed by atoms with Gasteiger partial charge in [-0.15, -0.1) is 15.3 Å². The van der Waals surface area contributed by atoms with Crippen LogP contribution in [0.2, 0.25) is 0 Å². The minimum atomic E-state index is -0.259. The maximum Gasteiger partial charge on any atom is 0.290 e. The third-order valence-electron chi connectivity index (χ3n) is 3.11. The summed E-state index contributed by atoms with van der Waals surface area (Å²) < 4.78 is 1.82. The number of hydrogen-bond donors (Lipinski definition) is 2. The smallest absolute Gasteiger partial charge is 0.290 e. The van der Waals surface area contributed by atoms with E-state index in [9.17, 15) is 4.79 Å². The third-order valence-corrected chi connectivity index (χ3v) is 3.11. The highest BCUT2D eigenvalue weighted by Crippen LogP contribution is 2.37. The number of H-pyrrole nitrogens is 1. The predicted molar refractivity (Wildman–Crippen MR) is 65.4 cm³/mol. The number of nitrogens with zero attached hydrogens (tertiary/aromatic N) is 5. The molecular weight excluding hydrogens is 246 g/mol. The first-order valence-electron chi connectivity index (χ1n) is 6.27. The van der Waals surface area contributed by atoms with Gasteiger partial charge in [-0.3, -0.25) is 9.89 Å². The molecular formula is C11H15N7O. The first-order chi connectivity index (χ1) is 9.24. The van der Waals surface area contributed by atoms with E-state index >= 15 is 0 Å². The molecule has 8 heteroatoms. The molecule has 2 heterocycles. The number of amides is 1. The Bertz CT molecular complexity index is 583. The molecule has 100 valence electrons. The number of aromatic nitrogens is 6. The molecule has 0 aliphatic heterocycles. The third kappa shape index (κ3) is 2.61. The Hall–Kier alpha value is -2.25. The number of rotatable bonds is 5. The number of nitrogens with one attached hydrogen (secondary N) is 2. The Kier molecular flexibility index (Phi) is 2.98. The van der Waals surface area contributed by atoms with Gasteiger partial charge in [0.05, 0.1) is 0 Å². The molecule has 0 radical (unpaired) electrons. The molecule has 0 atom stereocenters. The number of carbonyl (C=O) groups is 1. The van der Waals surface area contributed by atoms with E-state index < -0.39 is 0 Å². The SMILES string of the molecule is Cn1cnnc1CCNC(=O)c1n[nH]c(C2CC2)n1. The molecule has 2 N–H and O–H groups in total. The zero-order chi connectivity index (χ0) is 13.2. The molecule has 2 aromatic rings. The van der Waals surface area contributed by atoms with Crippen LogP contribution in [-0.2, 0) is 13.5 Å². The number of carbonyl (C=O) groups excluding carboxylic acids is 1. The summed E-state index contributed by atoms with van der Waals surface area (Å²) >= 11 is 0. The maximum atomic E-state index is 11.8. The van der Waals surface area contributed by atoms with Gasteiger partial charge in [-0.25, -0.2) is 4.98 Å². The summed E-state index contributed by atoms with van der Waals surface area (Å²) in [5, 5.41) is 17.2. The van der Waals surface area contributed by atoms with Gasteiger partial charge in [-0.1, -0.05) is 0 Å². The first kappa shape index (κ1) is 11.8. The van der Waals surface area contributed by atoms with E-state index in [1.807, 2.05) is 11.6 Å². The van der Waals surface area contributed by atoms with Gasteiger partial charge in [0.15, 0.2) is 0 Å². The second-order valence-corrected chi connectivity index (χ2v) is 4.68. The molecule has 2 aromatic heterocycles. The van der Waals surface area contributed by atoms with Crippen molar-refractivity contribution in [3.05, 3.63) is 23.8 Å². The highest BCUT2D eigenvalue weighted by atomic mass is 16.2. The van der Waals surface area contributed by atoms with Crippen molar-refractivity contribution in [1.82, 2.24) is 35.3 Å². The van der Waals surface area contributed by atoms with Crippen LogP contribution in [0, 0.1) is 0 Å². The van der Waals surface area contributed by atoms with Crippen molar-refractivity contribution in [2.75, 3.05) is 6.54 Å². The molecule has 19 heavy (non-hydrogen) atoms. The van der Waals surface area contributed by atoms with E-state index in [4.69, 9.17) is 0 Å². The van der Waals surface area contributed by atoms with Gasteiger partial charge in [0, 0.05) is 25.9 Å². The van der Waals surface area contributed by atoms with Gasteiger partial charge in [-0.2, -0.15) is 0 Å². The van der Waals surface area contributed by atoms with E-state index in [2.05, 4.69) is 30.7 Å². The summed E-state index contributed by atoms with van der Waals surface area (Å²) in [7, 11) is 1.87. The number of aryl methyl sites for hydroxylation is 1. The Morgan fingerprint density at radius 3 is 3.11 bits per heavy atom. The van der Waals surface area contributed by atoms with E-state index in [0.29, 0.717) is 18.9 Å². The van der Waals surface area contributed by atoms with Crippen LogP contribution in [0.1, 0.15) is 41.0 Å². The van der Waals surface area contributed by atoms with Gasteiger partial charge in [0.25, 0.3) is 5.91 Å². The molecule has 0 saturated heterocycles. The van der Waals surface area contributed by atoms with Gasteiger partial charge in [0.2, 0.25) is 5.82 Å². The molecule has 1 amide bonds. The van der Waals surface area contributed by atoms with Crippen LogP contribution >= 0.6 is 0 Å². The van der Waals surface area contributed by atoms with E-state index in [-0.39, 0.29) is 11.7 Å². The summed E-state index contributed by atoms with van der Waals surface area (Å²) in [6, 6.07) is 0. The molecule has 1 saturated carbocycles. The lowest BCUT2D eigenvalue weighted by molar-refractivity contribution is 0.0944. The lowest BCUT2D eigenvalue weighted by Crippen LogP contribution is -2.27. The van der Waals surface area contributed by atoms with Gasteiger partial charge < -0.3 is 9.88 Å². The number of hydrogen-bond acceptors (Lipinski definition) is 5. The number of aromatic amines is 1. The van der Waals surface area contributed by atoms with Crippen LogP contribution in [0.15, 0.2) is 6.33 Å². The Morgan fingerprint density at radius 2 is 2.42 bits per heavy atom. The highest BCUT2D eigenvalue weighted by Gasteiger charge is 2.28. The summed E-state index contributed by atoms with van der Waals surface area (Å²) in [4.78, 5) is 16.0. The van der Waals surface area contributed by atoms with Crippen LogP contribution in [0.4, 0.5) is 0 Å². The fourth-order valence-corrected chi connectivity index (χ4v) is 1.82. The molecule has 0 aromatic carbocycles. The highest BCUT2D eigenvalue weighted by molar-refractivity contribution is 5.90. The molecule has 8 nitrogen and oxygen atoms in total. The van der Waals surface area contributed by atoms with Crippen LogP contribution in [0.3, 0.4) is 0 Å². The van der Waals surface area contributed by atoms with Gasteiger partial charge in [0.1, 0.15) is 18.0 Å². The summed E-state index contributed by atoms with van der Waals surface area (Å²) in [6.07, 6.45) is 4.52. The summed E-state index contributed by atoms with van der Waals surface area (Å²) in [5.74, 6) is 2.06. The lowest BCUT2D eigenvalue weighted by atomic mass is 10.4. The topological polar surface area (TPSA) is 101 Å². The molecule has 1 aliphatic rings. The predicted octanol–water partition coefficient (Wildman–Crippen LogP) is -0.217. The largest absolute Gasteiger partial charge is 0.349 e. The average Bonchev–Trinajstić information content (AvgIpc) is 2.99. The molecule has 1 aliphatic carbocycles. The van der Waals surface area contributed by atoms with Crippen molar-refractivity contribution in [2.45, 2.75) is 25.2 Å². The minimum absolute atomic E-state index is 0.208. The Balaban J connectivity index is 1.51. The van der Waals surface area contributed by atoms with Crippen LogP contribution in [-0.4, -0.2) is 42.4 Å². The van der Waals surface area contributed by atoms with Gasteiger partial charge >= 0.3 is 0 Å². The monoisotopic (exact) mass is 261 g/mol. The minimum Gasteiger partial charge on any atom is -0.349 e. The average molecular weight is 261 g/mol. The zero-order valence-corrected chi connectivity index (χ0v) is 10.6. The van der Waals surface area contributed by atoms with Crippen molar-refractivity contribution in [2.24, 2.45) is 7.05 Å². The zero-order valence-electron chi connectivity index (χ0n) is 10.6. The van der Waals surface area contributed by atoms with E-state index in [1.54, 1.807) is 6.33 Å². The fourth-order valence-electron chi connectivity index (χ4n) is 1.82. The van der Waals surface area contributed by atoms with E-state index in [0.717, 1.165) is 24.5 Å². The molecule has 0 spiro atoms. The van der Waals surface area contributed by atoms with Crippen molar-refractivity contribution in [1.29, 1.82) is 0 Å². The lowest BCUT2D eigenvalue weighted by Gasteiger charge is -2.01. The second-order valence-electron chi connectivity index (χ2n) is 4.68. The molecule has 3 rings (SSSR count). The van der Waals surface area contributed by atoms with Crippen molar-refractivity contribution >= 4 is 5.91 Å². The second kappa shape index (κ2) is 4.79. The van der Waals surface area contributed by atoms with Crippen molar-refractivity contribution < 1.29 is 4.79 Å². The standard InChI is InChI=1S/C11H15N7O/c1-18-6-13-15-8(18)4-5-12-11(19)10-14-9(16-17-10)7-2-3-7/h6-7H,2-5H2,1H3,(H,12,19)(H,14,16,17). The quantitative estimate of drug-likeness (QED) is 0.775. The van der Waals surface area contributed by atoms with Crippen LogP contribution < -0.4 is 5.32 Å². The van der Waals surface area contributed by atoms with Crippen LogP contribution in [0.5, 0.6) is 0 Å². The van der Waals surface area contributed by atoms with Crippen molar-refractivity contribution in [3.63, 3.8) is 0 Å². The molecule has 0 unspecified atom stereocenters.